The molecule has 0 aliphatic rings. The van der Waals surface area contributed by atoms with Crippen molar-refractivity contribution in [1.82, 2.24) is 20.3 Å². The number of carbonyl (C=O) groups excluding carboxylic acids is 1. The highest BCUT2D eigenvalue weighted by Crippen LogP contribution is 2.08. The minimum absolute atomic E-state index is 0.171. The van der Waals surface area contributed by atoms with Crippen molar-refractivity contribution in [3.05, 3.63) is 47.3 Å². The summed E-state index contributed by atoms with van der Waals surface area (Å²) in [5, 5.41) is 10.7. The summed E-state index contributed by atoms with van der Waals surface area (Å²) in [5.74, 6) is 0.721. The van der Waals surface area contributed by atoms with E-state index in [4.69, 9.17) is 0 Å². The van der Waals surface area contributed by atoms with Crippen molar-refractivity contribution in [3.8, 4) is 0 Å². The van der Waals surface area contributed by atoms with Gasteiger partial charge in [0.25, 0.3) is 5.91 Å². The average Bonchev–Trinajstić information content (AvgIpc) is 2.90. The molecular formula is C14H18N4OS. The van der Waals surface area contributed by atoms with Gasteiger partial charge in [0.1, 0.15) is 0 Å². The van der Waals surface area contributed by atoms with Crippen LogP contribution in [-0.4, -0.2) is 39.5 Å². The SMILES string of the molecule is CSCCNC(=O)c1cn(Cc2ccccc2C)nn1. The van der Waals surface area contributed by atoms with Crippen LogP contribution in [0.4, 0.5) is 0 Å². The molecular weight excluding hydrogens is 272 g/mol. The fourth-order valence-electron chi connectivity index (χ4n) is 1.80. The third-order valence-electron chi connectivity index (χ3n) is 2.96. The molecule has 1 amide bonds. The predicted molar refractivity (Wildman–Crippen MR) is 81.0 cm³/mol. The van der Waals surface area contributed by atoms with Crippen molar-refractivity contribution in [2.24, 2.45) is 0 Å². The Balaban J connectivity index is 1.99. The maximum absolute atomic E-state index is 11.8. The van der Waals surface area contributed by atoms with Gasteiger partial charge in [-0.2, -0.15) is 11.8 Å². The van der Waals surface area contributed by atoms with Crippen LogP contribution in [0.3, 0.4) is 0 Å². The average molecular weight is 290 g/mol. The Morgan fingerprint density at radius 2 is 2.20 bits per heavy atom. The Morgan fingerprint density at radius 1 is 1.40 bits per heavy atom. The second-order valence-corrected chi connectivity index (χ2v) is 5.46. The molecule has 20 heavy (non-hydrogen) atoms. The van der Waals surface area contributed by atoms with Gasteiger partial charge in [-0.25, -0.2) is 4.68 Å². The largest absolute Gasteiger partial charge is 0.350 e. The fourth-order valence-corrected chi connectivity index (χ4v) is 2.11. The number of nitrogens with zero attached hydrogens (tertiary/aromatic N) is 3. The smallest absolute Gasteiger partial charge is 0.273 e. The van der Waals surface area contributed by atoms with Crippen molar-refractivity contribution in [2.45, 2.75) is 13.5 Å². The number of aromatic nitrogens is 3. The molecule has 0 radical (unpaired) electrons. The molecule has 0 unspecified atom stereocenters. The third kappa shape index (κ3) is 3.84. The summed E-state index contributed by atoms with van der Waals surface area (Å²) in [6.45, 7) is 3.32. The summed E-state index contributed by atoms with van der Waals surface area (Å²) < 4.78 is 1.69. The molecule has 0 saturated heterocycles. The zero-order valence-electron chi connectivity index (χ0n) is 11.7. The Kier molecular flexibility index (Phi) is 5.17. The van der Waals surface area contributed by atoms with E-state index in [0.717, 1.165) is 5.75 Å². The third-order valence-corrected chi connectivity index (χ3v) is 3.57. The van der Waals surface area contributed by atoms with E-state index in [1.807, 2.05) is 18.4 Å². The summed E-state index contributed by atoms with van der Waals surface area (Å²) in [6.07, 6.45) is 3.69. The van der Waals surface area contributed by atoms with E-state index in [1.165, 1.54) is 11.1 Å². The van der Waals surface area contributed by atoms with E-state index in [1.54, 1.807) is 22.6 Å². The number of rotatable bonds is 6. The van der Waals surface area contributed by atoms with Gasteiger partial charge in [0.15, 0.2) is 5.69 Å². The van der Waals surface area contributed by atoms with Gasteiger partial charge >= 0.3 is 0 Å². The Labute approximate surface area is 122 Å². The Hall–Kier alpha value is -1.82. The lowest BCUT2D eigenvalue weighted by Crippen LogP contribution is -2.26. The molecule has 2 rings (SSSR count). The maximum Gasteiger partial charge on any atom is 0.273 e. The molecule has 1 heterocycles. The second-order valence-electron chi connectivity index (χ2n) is 4.48. The molecule has 0 spiro atoms. The minimum atomic E-state index is -0.171. The number of hydrogen-bond acceptors (Lipinski definition) is 4. The van der Waals surface area contributed by atoms with Crippen molar-refractivity contribution in [3.63, 3.8) is 0 Å². The Bertz CT molecular complexity index is 582. The van der Waals surface area contributed by atoms with Crippen LogP contribution in [0.25, 0.3) is 0 Å². The first kappa shape index (κ1) is 14.6. The van der Waals surface area contributed by atoms with Gasteiger partial charge in [-0.05, 0) is 24.3 Å². The molecule has 6 heteroatoms. The van der Waals surface area contributed by atoms with Crippen LogP contribution in [-0.2, 0) is 6.54 Å². The van der Waals surface area contributed by atoms with Crippen molar-refractivity contribution in [2.75, 3.05) is 18.6 Å². The predicted octanol–water partition coefficient (Wildman–Crippen LogP) is 1.73. The van der Waals surface area contributed by atoms with Crippen LogP contribution in [0, 0.1) is 6.92 Å². The highest BCUT2D eigenvalue weighted by Gasteiger charge is 2.10. The lowest BCUT2D eigenvalue weighted by molar-refractivity contribution is 0.0951. The standard InChI is InChI=1S/C14H18N4OS/c1-11-5-3-4-6-12(11)9-18-10-13(16-17-18)14(19)15-7-8-20-2/h3-6,10H,7-9H2,1-2H3,(H,15,19). The van der Waals surface area contributed by atoms with E-state index in [0.29, 0.717) is 18.8 Å². The molecule has 1 aromatic carbocycles. The molecule has 2 aromatic rings. The number of amides is 1. The Morgan fingerprint density at radius 3 is 2.95 bits per heavy atom. The minimum Gasteiger partial charge on any atom is -0.350 e. The summed E-state index contributed by atoms with van der Waals surface area (Å²) in [7, 11) is 0. The quantitative estimate of drug-likeness (QED) is 0.823. The van der Waals surface area contributed by atoms with Crippen LogP contribution in [0.2, 0.25) is 0 Å². The van der Waals surface area contributed by atoms with Gasteiger partial charge in [0.2, 0.25) is 0 Å². The van der Waals surface area contributed by atoms with Crippen LogP contribution < -0.4 is 5.32 Å². The van der Waals surface area contributed by atoms with E-state index in [-0.39, 0.29) is 5.91 Å². The van der Waals surface area contributed by atoms with Crippen molar-refractivity contribution >= 4 is 17.7 Å². The molecule has 106 valence electrons. The summed E-state index contributed by atoms with van der Waals surface area (Å²) >= 11 is 1.69. The molecule has 0 aliphatic heterocycles. The highest BCUT2D eigenvalue weighted by atomic mass is 32.2. The van der Waals surface area contributed by atoms with Crippen LogP contribution >= 0.6 is 11.8 Å². The lowest BCUT2D eigenvalue weighted by Gasteiger charge is -2.04. The molecule has 1 N–H and O–H groups in total. The first-order valence-corrected chi connectivity index (χ1v) is 7.82. The van der Waals surface area contributed by atoms with Gasteiger partial charge in [-0.15, -0.1) is 5.10 Å². The van der Waals surface area contributed by atoms with Crippen LogP contribution in [0.15, 0.2) is 30.5 Å². The lowest BCUT2D eigenvalue weighted by atomic mass is 10.1. The number of nitrogens with one attached hydrogen (secondary N) is 1. The van der Waals surface area contributed by atoms with Crippen LogP contribution in [0.1, 0.15) is 21.6 Å². The van der Waals surface area contributed by atoms with E-state index < -0.39 is 0 Å². The van der Waals surface area contributed by atoms with Gasteiger partial charge in [0.05, 0.1) is 12.7 Å². The topological polar surface area (TPSA) is 59.8 Å². The van der Waals surface area contributed by atoms with Gasteiger partial charge in [0, 0.05) is 12.3 Å². The molecule has 1 aromatic heterocycles. The summed E-state index contributed by atoms with van der Waals surface area (Å²) in [6, 6.07) is 8.11. The zero-order valence-corrected chi connectivity index (χ0v) is 12.5. The van der Waals surface area contributed by atoms with E-state index in [2.05, 4.69) is 34.7 Å². The first-order valence-electron chi connectivity index (χ1n) is 6.42. The van der Waals surface area contributed by atoms with Crippen LogP contribution in [0.5, 0.6) is 0 Å². The molecule has 0 aliphatic carbocycles. The number of aryl methyl sites for hydroxylation is 1. The second kappa shape index (κ2) is 7.09. The summed E-state index contributed by atoms with van der Waals surface area (Å²) in [5.41, 5.74) is 2.74. The zero-order chi connectivity index (χ0) is 14.4. The maximum atomic E-state index is 11.8. The summed E-state index contributed by atoms with van der Waals surface area (Å²) in [4.78, 5) is 11.8. The van der Waals surface area contributed by atoms with Gasteiger partial charge in [-0.3, -0.25) is 4.79 Å². The monoisotopic (exact) mass is 290 g/mol. The van der Waals surface area contributed by atoms with E-state index >= 15 is 0 Å². The number of carbonyl (C=O) groups is 1. The fraction of sp³-hybridized carbons (Fsp3) is 0.357. The van der Waals surface area contributed by atoms with Gasteiger partial charge in [-0.1, -0.05) is 29.5 Å². The molecule has 0 saturated carbocycles. The number of thioether (sulfide) groups is 1. The molecule has 0 bridgehead atoms. The highest BCUT2D eigenvalue weighted by molar-refractivity contribution is 7.98. The molecule has 0 atom stereocenters. The van der Waals surface area contributed by atoms with Crippen molar-refractivity contribution < 1.29 is 4.79 Å². The van der Waals surface area contributed by atoms with E-state index in [9.17, 15) is 4.79 Å². The first-order chi connectivity index (χ1) is 9.70. The molecule has 5 nitrogen and oxygen atoms in total. The number of benzene rings is 1. The number of hydrogen-bond donors (Lipinski definition) is 1. The van der Waals surface area contributed by atoms with Gasteiger partial charge < -0.3 is 5.32 Å². The van der Waals surface area contributed by atoms with Crippen molar-refractivity contribution in [1.29, 1.82) is 0 Å². The normalized spacial score (nSPS) is 10.5. The molecule has 0 fully saturated rings.